The molecule has 0 saturated heterocycles. The molecule has 1 N–H and O–H groups in total. The van der Waals surface area contributed by atoms with E-state index in [0.29, 0.717) is 6.04 Å². The highest BCUT2D eigenvalue weighted by Gasteiger charge is 2.32. The number of hydrogen-bond donors (Lipinski definition) is 1. The van der Waals surface area contributed by atoms with Crippen molar-refractivity contribution in [2.75, 3.05) is 20.8 Å². The van der Waals surface area contributed by atoms with Crippen LogP contribution in [0.3, 0.4) is 0 Å². The Balaban J connectivity index is 2.90. The Morgan fingerprint density at radius 3 is 2.43 bits per heavy atom. The molecule has 3 heteroatoms. The Hall–Kier alpha value is -1.06. The fourth-order valence-corrected chi connectivity index (χ4v) is 2.79. The normalized spacial score (nSPS) is 14.8. The number of benzene rings is 1. The van der Waals surface area contributed by atoms with E-state index in [0.717, 1.165) is 25.1 Å². The average Bonchev–Trinajstić information content (AvgIpc) is 2.44. The molecule has 2 unspecified atom stereocenters. The van der Waals surface area contributed by atoms with Crippen molar-refractivity contribution in [2.24, 2.45) is 5.41 Å². The minimum atomic E-state index is 0.0963. The molecule has 21 heavy (non-hydrogen) atoms. The smallest absolute Gasteiger partial charge is 0.119 e. The number of rotatable bonds is 8. The molecule has 1 aromatic carbocycles. The van der Waals surface area contributed by atoms with Crippen LogP contribution in [0.25, 0.3) is 0 Å². The molecule has 0 aliphatic carbocycles. The van der Waals surface area contributed by atoms with Crippen LogP contribution in [0.1, 0.15) is 39.7 Å². The van der Waals surface area contributed by atoms with Crippen molar-refractivity contribution in [2.45, 2.75) is 52.7 Å². The second kappa shape index (κ2) is 8.40. The predicted molar refractivity (Wildman–Crippen MR) is 89.0 cm³/mol. The van der Waals surface area contributed by atoms with Gasteiger partial charge in [0, 0.05) is 13.2 Å². The van der Waals surface area contributed by atoms with Gasteiger partial charge in [0.2, 0.25) is 0 Å². The van der Waals surface area contributed by atoms with Crippen LogP contribution in [0.4, 0.5) is 0 Å². The summed E-state index contributed by atoms with van der Waals surface area (Å²) in [7, 11) is 3.52. The largest absolute Gasteiger partial charge is 0.497 e. The summed E-state index contributed by atoms with van der Waals surface area (Å²) in [6, 6.07) is 8.58. The van der Waals surface area contributed by atoms with Gasteiger partial charge in [0.05, 0.1) is 13.2 Å². The van der Waals surface area contributed by atoms with Crippen LogP contribution in [0.15, 0.2) is 24.3 Å². The molecule has 0 radical (unpaired) electrons. The van der Waals surface area contributed by atoms with Crippen molar-refractivity contribution in [3.63, 3.8) is 0 Å². The van der Waals surface area contributed by atoms with Gasteiger partial charge in [-0.1, -0.05) is 39.8 Å². The summed E-state index contributed by atoms with van der Waals surface area (Å²) in [5.74, 6) is 0.909. The van der Waals surface area contributed by atoms with E-state index in [9.17, 15) is 0 Å². The van der Waals surface area contributed by atoms with Crippen LogP contribution in [0.2, 0.25) is 0 Å². The molecule has 1 aromatic rings. The van der Waals surface area contributed by atoms with Gasteiger partial charge >= 0.3 is 0 Å². The van der Waals surface area contributed by atoms with Gasteiger partial charge < -0.3 is 14.8 Å². The molecule has 0 amide bonds. The van der Waals surface area contributed by atoms with E-state index in [-0.39, 0.29) is 11.5 Å². The van der Waals surface area contributed by atoms with Crippen LogP contribution in [0.5, 0.6) is 5.75 Å². The second-order valence-electron chi connectivity index (χ2n) is 6.64. The van der Waals surface area contributed by atoms with E-state index < -0.39 is 0 Å². The molecule has 0 saturated carbocycles. The lowest BCUT2D eigenvalue weighted by molar-refractivity contribution is -0.0109. The van der Waals surface area contributed by atoms with Gasteiger partial charge in [0.25, 0.3) is 0 Å². The lowest BCUT2D eigenvalue weighted by Gasteiger charge is -2.36. The summed E-state index contributed by atoms with van der Waals surface area (Å²) in [6.07, 6.45) is 2.22. The fourth-order valence-electron chi connectivity index (χ4n) is 2.79. The van der Waals surface area contributed by atoms with E-state index >= 15 is 0 Å². The van der Waals surface area contributed by atoms with Crippen LogP contribution in [-0.4, -0.2) is 32.9 Å². The van der Waals surface area contributed by atoms with Crippen LogP contribution in [0, 0.1) is 5.41 Å². The SMILES string of the molecule is CCCNC(Cc1cccc(OC)c1)C(OC)C(C)(C)C. The molecule has 3 nitrogen and oxygen atoms in total. The van der Waals surface area contributed by atoms with Crippen molar-refractivity contribution in [1.82, 2.24) is 5.32 Å². The molecule has 120 valence electrons. The highest BCUT2D eigenvalue weighted by molar-refractivity contribution is 5.29. The second-order valence-corrected chi connectivity index (χ2v) is 6.64. The van der Waals surface area contributed by atoms with E-state index in [4.69, 9.17) is 9.47 Å². The molecule has 1 rings (SSSR count). The minimum Gasteiger partial charge on any atom is -0.497 e. The van der Waals surface area contributed by atoms with E-state index in [2.05, 4.69) is 45.1 Å². The summed E-state index contributed by atoms with van der Waals surface area (Å²) in [5.41, 5.74) is 1.37. The third kappa shape index (κ3) is 5.68. The fraction of sp³-hybridized carbons (Fsp3) is 0.667. The zero-order valence-corrected chi connectivity index (χ0v) is 14.4. The maximum atomic E-state index is 5.81. The third-order valence-electron chi connectivity index (χ3n) is 3.72. The third-order valence-corrected chi connectivity index (χ3v) is 3.72. The van der Waals surface area contributed by atoms with Gasteiger partial charge in [-0.25, -0.2) is 0 Å². The van der Waals surface area contributed by atoms with Crippen LogP contribution < -0.4 is 10.1 Å². The first-order valence-electron chi connectivity index (χ1n) is 7.81. The number of ether oxygens (including phenoxy) is 2. The van der Waals surface area contributed by atoms with Crippen molar-refractivity contribution in [3.8, 4) is 5.75 Å². The first-order valence-corrected chi connectivity index (χ1v) is 7.81. The molecular weight excluding hydrogens is 262 g/mol. The van der Waals surface area contributed by atoms with E-state index in [1.54, 1.807) is 7.11 Å². The van der Waals surface area contributed by atoms with E-state index in [1.807, 2.05) is 19.2 Å². The first kappa shape index (κ1) is 18.0. The van der Waals surface area contributed by atoms with Crippen molar-refractivity contribution < 1.29 is 9.47 Å². The predicted octanol–water partition coefficient (Wildman–Crippen LogP) is 3.67. The Morgan fingerprint density at radius 1 is 1.19 bits per heavy atom. The number of nitrogens with one attached hydrogen (secondary N) is 1. The molecule has 0 aromatic heterocycles. The molecule has 0 fully saturated rings. The number of methoxy groups -OCH3 is 2. The molecule has 0 spiro atoms. The Morgan fingerprint density at radius 2 is 1.90 bits per heavy atom. The number of hydrogen-bond acceptors (Lipinski definition) is 3. The zero-order chi connectivity index (χ0) is 15.9. The maximum Gasteiger partial charge on any atom is 0.119 e. The molecule has 2 atom stereocenters. The van der Waals surface area contributed by atoms with Gasteiger partial charge in [-0.15, -0.1) is 0 Å². The lowest BCUT2D eigenvalue weighted by Crippen LogP contribution is -2.49. The molecule has 0 aliphatic rings. The molecule has 0 bridgehead atoms. The molecule has 0 aliphatic heterocycles. The van der Waals surface area contributed by atoms with Gasteiger partial charge in [0.15, 0.2) is 0 Å². The van der Waals surface area contributed by atoms with Crippen molar-refractivity contribution in [1.29, 1.82) is 0 Å². The Labute approximate surface area is 130 Å². The maximum absolute atomic E-state index is 5.81. The van der Waals surface area contributed by atoms with Crippen LogP contribution in [-0.2, 0) is 11.2 Å². The van der Waals surface area contributed by atoms with Crippen molar-refractivity contribution in [3.05, 3.63) is 29.8 Å². The summed E-state index contributed by atoms with van der Waals surface area (Å²) in [6.45, 7) is 9.88. The Kier molecular flexibility index (Phi) is 7.20. The van der Waals surface area contributed by atoms with E-state index in [1.165, 1.54) is 5.56 Å². The molecular formula is C18H31NO2. The first-order chi connectivity index (χ1) is 9.92. The topological polar surface area (TPSA) is 30.5 Å². The quantitative estimate of drug-likeness (QED) is 0.793. The highest BCUT2D eigenvalue weighted by atomic mass is 16.5. The summed E-state index contributed by atoms with van der Waals surface area (Å²) in [5, 5.41) is 3.65. The minimum absolute atomic E-state index is 0.0963. The van der Waals surface area contributed by atoms with Gasteiger partial charge in [-0.3, -0.25) is 0 Å². The standard InChI is InChI=1S/C18H31NO2/c1-7-11-19-16(17(21-6)18(2,3)4)13-14-9-8-10-15(12-14)20-5/h8-10,12,16-17,19H,7,11,13H2,1-6H3. The van der Waals surface area contributed by atoms with Crippen LogP contribution >= 0.6 is 0 Å². The zero-order valence-electron chi connectivity index (χ0n) is 14.4. The summed E-state index contributed by atoms with van der Waals surface area (Å²) >= 11 is 0. The average molecular weight is 293 g/mol. The lowest BCUT2D eigenvalue weighted by atomic mass is 9.82. The summed E-state index contributed by atoms with van der Waals surface area (Å²) < 4.78 is 11.1. The monoisotopic (exact) mass is 293 g/mol. The van der Waals surface area contributed by atoms with Gasteiger partial charge in [-0.2, -0.15) is 0 Å². The van der Waals surface area contributed by atoms with Gasteiger partial charge in [-0.05, 0) is 42.5 Å². The Bertz CT molecular complexity index is 412. The summed E-state index contributed by atoms with van der Waals surface area (Å²) in [4.78, 5) is 0. The van der Waals surface area contributed by atoms with Crippen molar-refractivity contribution >= 4 is 0 Å². The molecule has 0 heterocycles. The van der Waals surface area contributed by atoms with Gasteiger partial charge in [0.1, 0.15) is 5.75 Å². The highest BCUT2D eigenvalue weighted by Crippen LogP contribution is 2.27.